The van der Waals surface area contributed by atoms with Crippen LogP contribution in [0.25, 0.3) is 0 Å². The zero-order valence-corrected chi connectivity index (χ0v) is 17.2. The number of rotatable bonds is 4. The second kappa shape index (κ2) is 7.04. The van der Waals surface area contributed by atoms with Crippen LogP contribution in [0.15, 0.2) is 0 Å². The van der Waals surface area contributed by atoms with Crippen LogP contribution in [0.1, 0.15) is 85.0 Å². The minimum Gasteiger partial charge on any atom is -0.393 e. The van der Waals surface area contributed by atoms with Gasteiger partial charge in [-0.25, -0.2) is 0 Å². The lowest BCUT2D eigenvalue weighted by atomic mass is 9.44. The summed E-state index contributed by atoms with van der Waals surface area (Å²) in [5.74, 6) is 3.03. The van der Waals surface area contributed by atoms with Crippen molar-refractivity contribution in [2.75, 3.05) is 6.54 Å². The molecule has 4 rings (SSSR count). The molecule has 4 aliphatic rings. The van der Waals surface area contributed by atoms with Gasteiger partial charge in [0.15, 0.2) is 0 Å². The zero-order chi connectivity index (χ0) is 18.5. The molecule has 0 saturated heterocycles. The Morgan fingerprint density at radius 2 is 1.73 bits per heavy atom. The number of aliphatic hydroxyl groups excluding tert-OH is 2. The van der Waals surface area contributed by atoms with E-state index < -0.39 is 0 Å². The molecule has 0 spiro atoms. The van der Waals surface area contributed by atoms with Gasteiger partial charge in [-0.2, -0.15) is 0 Å². The Balaban J connectivity index is 1.53. The predicted octanol–water partition coefficient (Wildman–Crippen LogP) is 4.12. The fourth-order valence-electron chi connectivity index (χ4n) is 7.95. The second-order valence-corrected chi connectivity index (χ2v) is 10.7. The van der Waals surface area contributed by atoms with Gasteiger partial charge in [-0.3, -0.25) is 0 Å². The summed E-state index contributed by atoms with van der Waals surface area (Å²) in [6, 6.07) is 0.282. The molecular weight excluding hydrogens is 322 g/mol. The van der Waals surface area contributed by atoms with Gasteiger partial charge < -0.3 is 15.5 Å². The topological polar surface area (TPSA) is 52.5 Å². The molecule has 26 heavy (non-hydrogen) atoms. The van der Waals surface area contributed by atoms with Crippen LogP contribution in [0.3, 0.4) is 0 Å². The van der Waals surface area contributed by atoms with Crippen LogP contribution < -0.4 is 5.32 Å². The normalized spacial score (nSPS) is 53.7. The summed E-state index contributed by atoms with van der Waals surface area (Å²) in [7, 11) is 0. The molecule has 9 atom stereocenters. The third-order valence-corrected chi connectivity index (χ3v) is 9.60. The van der Waals surface area contributed by atoms with Gasteiger partial charge in [0.25, 0.3) is 0 Å². The maximum atomic E-state index is 10.7. The standard InChI is InChI=1S/C23H41NO2/c1-4-5-12-24-19-14-23(3)15(13-20(19)25)6-7-16-17-8-9-21(26)22(17,2)11-10-18(16)23/h15-21,24-26H,4-14H2,1-3H3/t15-,16-,17-,18-,19-,20-,21-,22-,23-/m0/s1. The van der Waals surface area contributed by atoms with Crippen LogP contribution >= 0.6 is 0 Å². The molecule has 3 heteroatoms. The minimum absolute atomic E-state index is 0.0735. The largest absolute Gasteiger partial charge is 0.393 e. The van der Waals surface area contributed by atoms with Gasteiger partial charge in [0.2, 0.25) is 0 Å². The van der Waals surface area contributed by atoms with E-state index in [1.165, 1.54) is 44.9 Å². The SMILES string of the molecule is CCCCN[C@H]1C[C@@]2(C)[C@@H](CC[C@@H]3[C@@H]2CC[C@]2(C)[C@@H](O)CC[C@@H]32)C[C@@H]1O. The van der Waals surface area contributed by atoms with Crippen LogP contribution in [0, 0.1) is 34.5 Å². The van der Waals surface area contributed by atoms with Crippen LogP contribution in [0.4, 0.5) is 0 Å². The van der Waals surface area contributed by atoms with E-state index in [1.54, 1.807) is 0 Å². The summed E-state index contributed by atoms with van der Waals surface area (Å²) in [6.45, 7) is 8.21. The second-order valence-electron chi connectivity index (χ2n) is 10.7. The minimum atomic E-state index is -0.163. The predicted molar refractivity (Wildman–Crippen MR) is 106 cm³/mol. The molecular formula is C23H41NO2. The molecule has 0 radical (unpaired) electrons. The number of aliphatic hydroxyl groups is 2. The van der Waals surface area contributed by atoms with Crippen molar-refractivity contribution in [3.8, 4) is 0 Å². The first-order valence-electron chi connectivity index (χ1n) is 11.5. The average Bonchev–Trinajstić information content (AvgIpc) is 2.91. The number of hydrogen-bond acceptors (Lipinski definition) is 3. The van der Waals surface area contributed by atoms with Crippen molar-refractivity contribution in [2.24, 2.45) is 34.5 Å². The molecule has 0 aromatic rings. The third kappa shape index (κ3) is 2.88. The van der Waals surface area contributed by atoms with E-state index in [9.17, 15) is 10.2 Å². The van der Waals surface area contributed by atoms with E-state index in [2.05, 4.69) is 26.1 Å². The highest BCUT2D eigenvalue weighted by Gasteiger charge is 2.60. The van der Waals surface area contributed by atoms with E-state index in [-0.39, 0.29) is 23.7 Å². The number of fused-ring (bicyclic) bond motifs is 5. The van der Waals surface area contributed by atoms with Crippen molar-refractivity contribution < 1.29 is 10.2 Å². The summed E-state index contributed by atoms with van der Waals surface area (Å²) in [4.78, 5) is 0. The summed E-state index contributed by atoms with van der Waals surface area (Å²) in [5, 5.41) is 25.1. The summed E-state index contributed by atoms with van der Waals surface area (Å²) >= 11 is 0. The Kier molecular flexibility index (Phi) is 5.20. The lowest BCUT2D eigenvalue weighted by Gasteiger charge is -2.61. The highest BCUT2D eigenvalue weighted by molar-refractivity contribution is 5.10. The van der Waals surface area contributed by atoms with Crippen LogP contribution in [0.5, 0.6) is 0 Å². The molecule has 0 aromatic carbocycles. The van der Waals surface area contributed by atoms with Crippen molar-refractivity contribution in [1.29, 1.82) is 0 Å². The molecule has 0 unspecified atom stereocenters. The number of nitrogens with one attached hydrogen (secondary N) is 1. The summed E-state index contributed by atoms with van der Waals surface area (Å²) in [5.41, 5.74) is 0.554. The first-order valence-corrected chi connectivity index (χ1v) is 11.5. The van der Waals surface area contributed by atoms with Crippen molar-refractivity contribution >= 4 is 0 Å². The monoisotopic (exact) mass is 363 g/mol. The van der Waals surface area contributed by atoms with Gasteiger partial charge in [-0.1, -0.05) is 27.2 Å². The Bertz CT molecular complexity index is 510. The van der Waals surface area contributed by atoms with Gasteiger partial charge >= 0.3 is 0 Å². The van der Waals surface area contributed by atoms with Crippen molar-refractivity contribution in [1.82, 2.24) is 5.32 Å². The van der Waals surface area contributed by atoms with Gasteiger partial charge in [0.1, 0.15) is 0 Å². The average molecular weight is 364 g/mol. The number of hydrogen-bond donors (Lipinski definition) is 3. The smallest absolute Gasteiger partial charge is 0.0696 e. The van der Waals surface area contributed by atoms with Crippen LogP contribution in [-0.4, -0.2) is 35.0 Å². The highest BCUT2D eigenvalue weighted by Crippen LogP contribution is 2.66. The third-order valence-electron chi connectivity index (χ3n) is 9.60. The molecule has 4 aliphatic carbocycles. The summed E-state index contributed by atoms with van der Waals surface area (Å²) < 4.78 is 0. The van der Waals surface area contributed by atoms with Crippen molar-refractivity contribution in [2.45, 2.75) is 103 Å². The molecule has 150 valence electrons. The molecule has 0 heterocycles. The maximum absolute atomic E-state index is 10.7. The van der Waals surface area contributed by atoms with E-state index in [4.69, 9.17) is 0 Å². The molecule has 0 aromatic heterocycles. The van der Waals surface area contributed by atoms with Gasteiger partial charge in [-0.15, -0.1) is 0 Å². The van der Waals surface area contributed by atoms with Gasteiger partial charge in [-0.05, 0) is 98.8 Å². The van der Waals surface area contributed by atoms with Gasteiger partial charge in [0, 0.05) is 6.04 Å². The van der Waals surface area contributed by atoms with Crippen molar-refractivity contribution in [3.63, 3.8) is 0 Å². The maximum Gasteiger partial charge on any atom is 0.0696 e. The van der Waals surface area contributed by atoms with Crippen LogP contribution in [0.2, 0.25) is 0 Å². The Hall–Kier alpha value is -0.120. The number of unbranched alkanes of at least 4 members (excludes halogenated alkanes) is 1. The Labute approximate surface area is 160 Å². The lowest BCUT2D eigenvalue weighted by molar-refractivity contribution is -0.140. The van der Waals surface area contributed by atoms with E-state index in [0.717, 1.165) is 43.6 Å². The molecule has 3 nitrogen and oxygen atoms in total. The molecule has 0 bridgehead atoms. The van der Waals surface area contributed by atoms with E-state index in [0.29, 0.717) is 11.3 Å². The Morgan fingerprint density at radius 3 is 2.50 bits per heavy atom. The quantitative estimate of drug-likeness (QED) is 0.659. The lowest BCUT2D eigenvalue weighted by Crippen LogP contribution is -2.59. The van der Waals surface area contributed by atoms with Crippen molar-refractivity contribution in [3.05, 3.63) is 0 Å². The van der Waals surface area contributed by atoms with E-state index >= 15 is 0 Å². The molecule has 4 fully saturated rings. The Morgan fingerprint density at radius 1 is 0.962 bits per heavy atom. The van der Waals surface area contributed by atoms with E-state index in [1.807, 2.05) is 0 Å². The molecule has 0 aliphatic heterocycles. The molecule has 3 N–H and O–H groups in total. The first-order chi connectivity index (χ1) is 12.4. The fraction of sp³-hybridized carbons (Fsp3) is 1.00. The molecule has 4 saturated carbocycles. The highest BCUT2D eigenvalue weighted by atomic mass is 16.3. The summed E-state index contributed by atoms with van der Waals surface area (Å²) in [6.07, 6.45) is 11.7. The zero-order valence-electron chi connectivity index (χ0n) is 17.2. The fourth-order valence-corrected chi connectivity index (χ4v) is 7.95. The molecule has 0 amide bonds. The van der Waals surface area contributed by atoms with Crippen LogP contribution in [-0.2, 0) is 0 Å². The first kappa shape index (κ1) is 19.2. The van der Waals surface area contributed by atoms with Gasteiger partial charge in [0.05, 0.1) is 12.2 Å².